The van der Waals surface area contributed by atoms with Crippen LogP contribution in [0.2, 0.25) is 0 Å². The number of rotatable bonds is 7. The van der Waals surface area contributed by atoms with Crippen LogP contribution in [0.4, 0.5) is 0 Å². The fourth-order valence-electron chi connectivity index (χ4n) is 1.37. The second kappa shape index (κ2) is 7.65. The quantitative estimate of drug-likeness (QED) is 0.651. The molecule has 0 rings (SSSR count). The molecular formula is C11H23NO3. The van der Waals surface area contributed by atoms with Gasteiger partial charge in [0, 0.05) is 13.2 Å². The van der Waals surface area contributed by atoms with E-state index in [0.29, 0.717) is 12.5 Å². The van der Waals surface area contributed by atoms with E-state index < -0.39 is 0 Å². The zero-order valence-electron chi connectivity index (χ0n) is 10.4. The summed E-state index contributed by atoms with van der Waals surface area (Å²) in [4.78, 5) is 11.4. The van der Waals surface area contributed by atoms with Gasteiger partial charge in [0.1, 0.15) is 6.04 Å². The molecule has 4 nitrogen and oxygen atoms in total. The molecule has 0 aromatic heterocycles. The third-order valence-corrected chi connectivity index (χ3v) is 2.46. The van der Waals surface area contributed by atoms with Gasteiger partial charge in [0.25, 0.3) is 0 Å². The molecular weight excluding hydrogens is 194 g/mol. The second-order valence-corrected chi connectivity index (χ2v) is 3.96. The zero-order valence-corrected chi connectivity index (χ0v) is 10.4. The van der Waals surface area contributed by atoms with Crippen molar-refractivity contribution in [1.29, 1.82) is 0 Å². The van der Waals surface area contributed by atoms with Crippen molar-refractivity contribution in [3.63, 3.8) is 0 Å². The van der Waals surface area contributed by atoms with Crippen LogP contribution in [0, 0.1) is 5.92 Å². The number of carbonyl (C=O) groups is 1. The lowest BCUT2D eigenvalue weighted by molar-refractivity contribution is -0.143. The van der Waals surface area contributed by atoms with Crippen molar-refractivity contribution < 1.29 is 14.3 Å². The predicted octanol–water partition coefficient (Wildman–Crippen LogP) is 1.20. The molecule has 0 heterocycles. The molecule has 4 heteroatoms. The summed E-state index contributed by atoms with van der Waals surface area (Å²) in [6.45, 7) is 6.76. The SMILES string of the molecule is CC[C@@H](N[C@H](COC)C(C)C)C(=O)OC. The number of ether oxygens (including phenoxy) is 2. The topological polar surface area (TPSA) is 47.6 Å². The normalized spacial score (nSPS) is 15.1. The van der Waals surface area contributed by atoms with E-state index in [1.54, 1.807) is 7.11 Å². The number of carbonyl (C=O) groups excluding carboxylic acids is 1. The third-order valence-electron chi connectivity index (χ3n) is 2.46. The number of hydrogen-bond acceptors (Lipinski definition) is 4. The Hall–Kier alpha value is -0.610. The Kier molecular flexibility index (Phi) is 7.34. The number of hydrogen-bond donors (Lipinski definition) is 1. The monoisotopic (exact) mass is 217 g/mol. The summed E-state index contributed by atoms with van der Waals surface area (Å²) >= 11 is 0. The summed E-state index contributed by atoms with van der Waals surface area (Å²) < 4.78 is 9.83. The van der Waals surface area contributed by atoms with E-state index in [2.05, 4.69) is 19.2 Å². The summed E-state index contributed by atoms with van der Waals surface area (Å²) in [5.41, 5.74) is 0. The molecule has 0 aliphatic heterocycles. The van der Waals surface area contributed by atoms with Crippen LogP contribution in [0.15, 0.2) is 0 Å². The number of esters is 1. The van der Waals surface area contributed by atoms with Crippen molar-refractivity contribution in [1.82, 2.24) is 5.32 Å². The van der Waals surface area contributed by atoms with Crippen LogP contribution in [0.5, 0.6) is 0 Å². The molecule has 1 N–H and O–H groups in total. The highest BCUT2D eigenvalue weighted by atomic mass is 16.5. The summed E-state index contributed by atoms with van der Waals surface area (Å²) in [6.07, 6.45) is 0.722. The highest BCUT2D eigenvalue weighted by Gasteiger charge is 2.22. The highest BCUT2D eigenvalue weighted by Crippen LogP contribution is 2.05. The number of nitrogens with one attached hydrogen (secondary N) is 1. The van der Waals surface area contributed by atoms with Crippen molar-refractivity contribution in [2.75, 3.05) is 20.8 Å². The molecule has 0 radical (unpaired) electrons. The van der Waals surface area contributed by atoms with E-state index in [1.807, 2.05) is 6.92 Å². The van der Waals surface area contributed by atoms with Gasteiger partial charge in [-0.2, -0.15) is 0 Å². The van der Waals surface area contributed by atoms with Crippen LogP contribution in [0.1, 0.15) is 27.2 Å². The first-order chi connectivity index (χ1) is 7.06. The van der Waals surface area contributed by atoms with Crippen LogP contribution in [-0.2, 0) is 14.3 Å². The van der Waals surface area contributed by atoms with E-state index in [-0.39, 0.29) is 18.1 Å². The van der Waals surface area contributed by atoms with Gasteiger partial charge >= 0.3 is 5.97 Å². The fraction of sp³-hybridized carbons (Fsp3) is 0.909. The van der Waals surface area contributed by atoms with Gasteiger partial charge in [0.05, 0.1) is 13.7 Å². The van der Waals surface area contributed by atoms with Gasteiger partial charge in [-0.15, -0.1) is 0 Å². The van der Waals surface area contributed by atoms with Gasteiger partial charge in [-0.05, 0) is 12.3 Å². The lowest BCUT2D eigenvalue weighted by Gasteiger charge is -2.25. The number of methoxy groups -OCH3 is 2. The van der Waals surface area contributed by atoms with Gasteiger partial charge in [-0.25, -0.2) is 0 Å². The lowest BCUT2D eigenvalue weighted by atomic mass is 10.0. The Morgan fingerprint density at radius 2 is 1.93 bits per heavy atom. The Balaban J connectivity index is 4.27. The molecule has 0 aliphatic carbocycles. The van der Waals surface area contributed by atoms with E-state index in [9.17, 15) is 4.79 Å². The molecule has 0 saturated carbocycles. The highest BCUT2D eigenvalue weighted by molar-refractivity contribution is 5.75. The maximum atomic E-state index is 11.4. The van der Waals surface area contributed by atoms with Crippen molar-refractivity contribution in [2.24, 2.45) is 5.92 Å². The molecule has 0 amide bonds. The van der Waals surface area contributed by atoms with Crippen molar-refractivity contribution >= 4 is 5.97 Å². The first-order valence-corrected chi connectivity index (χ1v) is 5.39. The molecule has 90 valence electrons. The first kappa shape index (κ1) is 14.4. The Morgan fingerprint density at radius 3 is 2.27 bits per heavy atom. The van der Waals surface area contributed by atoms with Crippen molar-refractivity contribution in [2.45, 2.75) is 39.3 Å². The Bertz CT molecular complexity index is 183. The maximum Gasteiger partial charge on any atom is 0.322 e. The fourth-order valence-corrected chi connectivity index (χ4v) is 1.37. The molecule has 0 bridgehead atoms. The molecule has 0 unspecified atom stereocenters. The molecule has 15 heavy (non-hydrogen) atoms. The molecule has 2 atom stereocenters. The van der Waals surface area contributed by atoms with Crippen molar-refractivity contribution in [3.8, 4) is 0 Å². The Labute approximate surface area is 92.3 Å². The van der Waals surface area contributed by atoms with E-state index in [4.69, 9.17) is 9.47 Å². The summed E-state index contributed by atoms with van der Waals surface area (Å²) in [7, 11) is 3.07. The Morgan fingerprint density at radius 1 is 1.33 bits per heavy atom. The van der Waals surface area contributed by atoms with Crippen LogP contribution < -0.4 is 5.32 Å². The van der Waals surface area contributed by atoms with Gasteiger partial charge in [0.2, 0.25) is 0 Å². The largest absolute Gasteiger partial charge is 0.468 e. The first-order valence-electron chi connectivity index (χ1n) is 5.39. The minimum atomic E-state index is -0.238. The smallest absolute Gasteiger partial charge is 0.322 e. The predicted molar refractivity (Wildman–Crippen MR) is 59.7 cm³/mol. The van der Waals surface area contributed by atoms with E-state index in [0.717, 1.165) is 6.42 Å². The molecule has 0 saturated heterocycles. The standard InChI is InChI=1S/C11H23NO3/c1-6-9(11(13)15-5)12-10(7-14-4)8(2)3/h8-10,12H,6-7H2,1-5H3/t9-,10-/m1/s1. The molecule has 0 aliphatic rings. The molecule has 0 fully saturated rings. The van der Waals surface area contributed by atoms with Crippen LogP contribution in [0.25, 0.3) is 0 Å². The van der Waals surface area contributed by atoms with E-state index >= 15 is 0 Å². The second-order valence-electron chi connectivity index (χ2n) is 3.96. The summed E-state index contributed by atoms with van der Waals surface area (Å²) in [5, 5.41) is 3.26. The summed E-state index contributed by atoms with van der Waals surface area (Å²) in [6, 6.07) is -0.0587. The van der Waals surface area contributed by atoms with Crippen LogP contribution >= 0.6 is 0 Å². The van der Waals surface area contributed by atoms with E-state index in [1.165, 1.54) is 7.11 Å². The average Bonchev–Trinajstić information content (AvgIpc) is 2.22. The maximum absolute atomic E-state index is 11.4. The molecule has 0 aromatic rings. The minimum absolute atomic E-state index is 0.180. The van der Waals surface area contributed by atoms with Gasteiger partial charge in [-0.3, -0.25) is 10.1 Å². The third kappa shape index (κ3) is 5.14. The van der Waals surface area contributed by atoms with Crippen molar-refractivity contribution in [3.05, 3.63) is 0 Å². The average molecular weight is 217 g/mol. The van der Waals surface area contributed by atoms with Crippen LogP contribution in [0.3, 0.4) is 0 Å². The van der Waals surface area contributed by atoms with Gasteiger partial charge < -0.3 is 9.47 Å². The zero-order chi connectivity index (χ0) is 11.8. The van der Waals surface area contributed by atoms with Gasteiger partial charge in [-0.1, -0.05) is 20.8 Å². The van der Waals surface area contributed by atoms with Crippen LogP contribution in [-0.4, -0.2) is 38.9 Å². The lowest BCUT2D eigenvalue weighted by Crippen LogP contribution is -2.47. The van der Waals surface area contributed by atoms with Gasteiger partial charge in [0.15, 0.2) is 0 Å². The summed E-state index contributed by atoms with van der Waals surface area (Å²) in [5.74, 6) is 0.211. The molecule has 0 aromatic carbocycles. The minimum Gasteiger partial charge on any atom is -0.468 e. The molecule has 0 spiro atoms.